The minimum atomic E-state index is -1.06. The maximum absolute atomic E-state index is 11.1. The molecule has 0 aliphatic rings. The molecule has 152 valence electrons. The second kappa shape index (κ2) is 7.94. The fraction of sp³-hybridized carbons (Fsp3) is 0.650. The van der Waals surface area contributed by atoms with Crippen molar-refractivity contribution >= 4 is 11.7 Å². The largest absolute Gasteiger partial charge is 0.425 e. The van der Waals surface area contributed by atoms with Gasteiger partial charge in [0.2, 0.25) is 5.88 Å². The monoisotopic (exact) mass is 378 g/mol. The van der Waals surface area contributed by atoms with Crippen LogP contribution in [0.2, 0.25) is 0 Å². The Kier molecular flexibility index (Phi) is 6.27. The highest BCUT2D eigenvalue weighted by atomic mass is 16.4. The molecule has 0 spiro atoms. The molecule has 2 rings (SSSR count). The minimum absolute atomic E-state index is 0.171. The molecule has 2 heterocycles. The van der Waals surface area contributed by atoms with Crippen LogP contribution in [0.15, 0.2) is 10.5 Å². The molecule has 0 radical (unpaired) electrons. The molecule has 27 heavy (non-hydrogen) atoms. The van der Waals surface area contributed by atoms with Crippen molar-refractivity contribution in [2.24, 2.45) is 7.05 Å². The van der Waals surface area contributed by atoms with Crippen LogP contribution in [-0.2, 0) is 24.7 Å². The first-order valence-electron chi connectivity index (χ1n) is 9.74. The van der Waals surface area contributed by atoms with Crippen LogP contribution in [0.3, 0.4) is 0 Å². The SMILES string of the molecule is CCC(O)(CCCc1nc(C(O)(CC)CC)c(N)o1)c1cc(C)n(C)c1N. The van der Waals surface area contributed by atoms with E-state index in [4.69, 9.17) is 15.9 Å². The highest BCUT2D eigenvalue weighted by Gasteiger charge is 2.33. The van der Waals surface area contributed by atoms with E-state index in [2.05, 4.69) is 4.98 Å². The summed E-state index contributed by atoms with van der Waals surface area (Å²) in [5.74, 6) is 1.25. The normalized spacial score (nSPS) is 14.5. The van der Waals surface area contributed by atoms with Gasteiger partial charge in [0, 0.05) is 24.7 Å². The van der Waals surface area contributed by atoms with Crippen molar-refractivity contribution in [2.75, 3.05) is 11.5 Å². The van der Waals surface area contributed by atoms with Crippen molar-refractivity contribution in [3.05, 3.63) is 28.9 Å². The van der Waals surface area contributed by atoms with Crippen molar-refractivity contribution in [1.82, 2.24) is 9.55 Å². The lowest BCUT2D eigenvalue weighted by Crippen LogP contribution is -2.26. The zero-order valence-electron chi connectivity index (χ0n) is 17.2. The molecule has 2 aromatic rings. The average Bonchev–Trinajstić information content (AvgIpc) is 3.16. The third-order valence-electron chi connectivity index (χ3n) is 5.90. The fourth-order valence-electron chi connectivity index (χ4n) is 3.56. The van der Waals surface area contributed by atoms with Crippen molar-refractivity contribution < 1.29 is 14.6 Å². The van der Waals surface area contributed by atoms with E-state index in [0.717, 1.165) is 11.3 Å². The molecule has 0 aliphatic carbocycles. The van der Waals surface area contributed by atoms with Crippen molar-refractivity contribution in [1.29, 1.82) is 0 Å². The molecule has 7 nitrogen and oxygen atoms in total. The summed E-state index contributed by atoms with van der Waals surface area (Å²) < 4.78 is 7.44. The summed E-state index contributed by atoms with van der Waals surface area (Å²) in [7, 11) is 1.89. The molecule has 0 bridgehead atoms. The van der Waals surface area contributed by atoms with Gasteiger partial charge in [0.1, 0.15) is 17.1 Å². The molecule has 7 heteroatoms. The molecule has 0 saturated carbocycles. The highest BCUT2D eigenvalue weighted by Crippen LogP contribution is 2.37. The first kappa shape index (κ1) is 21.3. The van der Waals surface area contributed by atoms with Crippen LogP contribution in [0.25, 0.3) is 0 Å². The maximum Gasteiger partial charge on any atom is 0.217 e. The van der Waals surface area contributed by atoms with E-state index in [0.29, 0.717) is 55.9 Å². The van der Waals surface area contributed by atoms with Gasteiger partial charge in [0.05, 0.1) is 5.60 Å². The predicted molar refractivity (Wildman–Crippen MR) is 107 cm³/mol. The van der Waals surface area contributed by atoms with E-state index >= 15 is 0 Å². The lowest BCUT2D eigenvalue weighted by Gasteiger charge is -2.27. The van der Waals surface area contributed by atoms with Crippen LogP contribution in [-0.4, -0.2) is 19.8 Å². The van der Waals surface area contributed by atoms with E-state index < -0.39 is 11.2 Å². The van der Waals surface area contributed by atoms with Crippen LogP contribution in [0.5, 0.6) is 0 Å². The first-order valence-corrected chi connectivity index (χ1v) is 9.74. The van der Waals surface area contributed by atoms with Crippen molar-refractivity contribution in [3.8, 4) is 0 Å². The summed E-state index contributed by atoms with van der Waals surface area (Å²) in [5, 5.41) is 21.8. The van der Waals surface area contributed by atoms with Crippen LogP contribution >= 0.6 is 0 Å². The van der Waals surface area contributed by atoms with E-state index in [1.807, 2.05) is 45.4 Å². The number of nitrogens with zero attached hydrogens (tertiary/aromatic N) is 2. The smallest absolute Gasteiger partial charge is 0.217 e. The number of oxazole rings is 1. The van der Waals surface area contributed by atoms with E-state index in [1.165, 1.54) is 0 Å². The molecule has 6 N–H and O–H groups in total. The number of aromatic nitrogens is 2. The van der Waals surface area contributed by atoms with Gasteiger partial charge < -0.3 is 30.7 Å². The van der Waals surface area contributed by atoms with E-state index in [1.54, 1.807) is 0 Å². The maximum atomic E-state index is 11.1. The summed E-state index contributed by atoms with van der Waals surface area (Å²) in [4.78, 5) is 4.43. The minimum Gasteiger partial charge on any atom is -0.425 e. The molecular weight excluding hydrogens is 344 g/mol. The van der Waals surface area contributed by atoms with Crippen LogP contribution < -0.4 is 11.5 Å². The number of hydrogen-bond acceptors (Lipinski definition) is 6. The molecule has 0 amide bonds. The Morgan fingerprint density at radius 3 is 2.19 bits per heavy atom. The third-order valence-corrected chi connectivity index (χ3v) is 5.90. The topological polar surface area (TPSA) is 123 Å². The van der Waals surface area contributed by atoms with Crippen molar-refractivity contribution in [3.63, 3.8) is 0 Å². The zero-order valence-corrected chi connectivity index (χ0v) is 17.2. The quantitative estimate of drug-likeness (QED) is 0.531. The van der Waals surface area contributed by atoms with Gasteiger partial charge in [-0.15, -0.1) is 0 Å². The molecule has 0 aromatic carbocycles. The fourth-order valence-corrected chi connectivity index (χ4v) is 3.56. The Labute approximate surface area is 161 Å². The lowest BCUT2D eigenvalue weighted by atomic mass is 9.87. The molecule has 1 atom stereocenters. The molecule has 0 aliphatic heterocycles. The number of nitrogen functional groups attached to an aromatic ring is 2. The number of anilines is 2. The Bertz CT molecular complexity index is 777. The predicted octanol–water partition coefficient (Wildman–Crippen LogP) is 3.11. The Balaban J connectivity index is 2.12. The second-order valence-corrected chi connectivity index (χ2v) is 7.44. The van der Waals surface area contributed by atoms with Gasteiger partial charge in [-0.25, -0.2) is 4.98 Å². The van der Waals surface area contributed by atoms with Crippen molar-refractivity contribution in [2.45, 2.75) is 77.4 Å². The first-order chi connectivity index (χ1) is 12.6. The molecule has 1 unspecified atom stereocenters. The molecule has 0 fully saturated rings. The second-order valence-electron chi connectivity index (χ2n) is 7.44. The van der Waals surface area contributed by atoms with Gasteiger partial charge in [-0.1, -0.05) is 20.8 Å². The summed E-state index contributed by atoms with van der Waals surface area (Å²) in [6, 6.07) is 1.95. The Morgan fingerprint density at radius 1 is 1.11 bits per heavy atom. The molecule has 0 saturated heterocycles. The van der Waals surface area contributed by atoms with Crippen LogP contribution in [0.1, 0.15) is 75.7 Å². The van der Waals surface area contributed by atoms with Gasteiger partial charge in [0.15, 0.2) is 5.89 Å². The van der Waals surface area contributed by atoms with Crippen LogP contribution in [0.4, 0.5) is 11.7 Å². The third kappa shape index (κ3) is 3.99. The summed E-state index contributed by atoms with van der Waals surface area (Å²) in [6.07, 6.45) is 3.31. The number of aryl methyl sites for hydroxylation is 2. The summed E-state index contributed by atoms with van der Waals surface area (Å²) in [5.41, 5.74) is 12.2. The van der Waals surface area contributed by atoms with Gasteiger partial charge in [-0.2, -0.15) is 0 Å². The number of hydrogen-bond donors (Lipinski definition) is 4. The standard InChI is InChI=1S/C20H34N4O3/c1-6-19(25,7-2)16-18(22)27-15(23-16)10-9-11-20(26,8-3)14-12-13(4)24(5)17(14)21/h12,25-26H,6-11,21-22H2,1-5H3. The number of nitrogens with two attached hydrogens (primary N) is 2. The van der Waals surface area contributed by atoms with Gasteiger partial charge in [-0.3, -0.25) is 0 Å². The Hall–Kier alpha value is -1.99. The number of rotatable bonds is 9. The summed E-state index contributed by atoms with van der Waals surface area (Å²) in [6.45, 7) is 7.71. The lowest BCUT2D eigenvalue weighted by molar-refractivity contribution is 0.0215. The average molecular weight is 379 g/mol. The Morgan fingerprint density at radius 2 is 1.70 bits per heavy atom. The van der Waals surface area contributed by atoms with E-state index in [9.17, 15) is 10.2 Å². The molecule has 2 aromatic heterocycles. The summed E-state index contributed by atoms with van der Waals surface area (Å²) >= 11 is 0. The van der Waals surface area contributed by atoms with Gasteiger partial charge in [0.25, 0.3) is 0 Å². The van der Waals surface area contributed by atoms with Gasteiger partial charge >= 0.3 is 0 Å². The van der Waals surface area contributed by atoms with Gasteiger partial charge in [-0.05, 0) is 45.1 Å². The van der Waals surface area contributed by atoms with Crippen LogP contribution in [0, 0.1) is 6.92 Å². The molecular formula is C20H34N4O3. The zero-order chi connectivity index (χ0) is 20.4. The highest BCUT2D eigenvalue weighted by molar-refractivity contribution is 5.48. The van der Waals surface area contributed by atoms with E-state index in [-0.39, 0.29) is 5.88 Å². The number of aliphatic hydroxyl groups is 2.